The molecule has 4 amide bonds. The highest BCUT2D eigenvalue weighted by molar-refractivity contribution is 6.76. The molecule has 4 atom stereocenters. The molecule has 0 bridgehead atoms. The monoisotopic (exact) mass is 778 g/mol. The first-order valence-corrected chi connectivity index (χ1v) is 23.4. The molecule has 1 N–H and O–H groups in total. The number of amides is 4. The van der Waals surface area contributed by atoms with E-state index < -0.39 is 37.5 Å². The van der Waals surface area contributed by atoms with Crippen molar-refractivity contribution >= 4 is 31.7 Å². The van der Waals surface area contributed by atoms with Gasteiger partial charge in [-0.05, 0) is 43.6 Å². The maximum atomic E-state index is 14.5. The zero-order valence-electron chi connectivity index (χ0n) is 32.9. The fraction of sp³-hybridized carbons (Fsp3) is 0.816. The van der Waals surface area contributed by atoms with E-state index in [1.54, 1.807) is 32.5 Å². The van der Waals surface area contributed by atoms with E-state index in [0.29, 0.717) is 64.4 Å². The van der Waals surface area contributed by atoms with E-state index in [2.05, 4.69) is 43.9 Å². The Kier molecular flexibility index (Phi) is 12.0. The van der Waals surface area contributed by atoms with Gasteiger partial charge >= 0.3 is 0 Å². The molecular weight excluding hydrogens is 719 g/mol. The van der Waals surface area contributed by atoms with Crippen LogP contribution < -0.4 is 5.32 Å². The first-order valence-electron chi connectivity index (χ1n) is 19.7. The molecule has 6 rings (SSSR count). The fourth-order valence-corrected chi connectivity index (χ4v) is 9.07. The van der Waals surface area contributed by atoms with E-state index >= 15 is 0 Å². The van der Waals surface area contributed by atoms with E-state index in [1.165, 1.54) is 6.20 Å². The molecule has 0 aromatic carbocycles. The van der Waals surface area contributed by atoms with Crippen molar-refractivity contribution < 1.29 is 42.2 Å². The van der Waals surface area contributed by atoms with Gasteiger partial charge in [0.1, 0.15) is 12.8 Å². The minimum Gasteiger partial charge on any atom is -0.378 e. The van der Waals surface area contributed by atoms with Crippen LogP contribution in [0.5, 0.6) is 0 Å². The predicted molar refractivity (Wildman–Crippen MR) is 198 cm³/mol. The molecule has 3 aliphatic heterocycles. The van der Waals surface area contributed by atoms with Gasteiger partial charge in [0.2, 0.25) is 23.6 Å². The maximum absolute atomic E-state index is 14.5. The number of carbonyl (C=O) groups excluding carboxylic acids is 4. The smallest absolute Gasteiger partial charge is 0.257 e. The van der Waals surface area contributed by atoms with Gasteiger partial charge in [-0.3, -0.25) is 19.2 Å². The van der Waals surface area contributed by atoms with Crippen LogP contribution in [0.15, 0.2) is 12.4 Å². The highest BCUT2D eigenvalue weighted by atomic mass is 28.3. The second-order valence-corrected chi connectivity index (χ2v) is 24.0. The van der Waals surface area contributed by atoms with Crippen LogP contribution in [0.3, 0.4) is 0 Å². The van der Waals surface area contributed by atoms with Crippen molar-refractivity contribution in [2.75, 3.05) is 65.7 Å². The number of likely N-dealkylation sites (tertiary alicyclic amines) is 2. The van der Waals surface area contributed by atoms with Crippen LogP contribution in [0, 0.1) is 28.6 Å². The Balaban J connectivity index is 1.16. The highest BCUT2D eigenvalue weighted by Crippen LogP contribution is 2.54. The third kappa shape index (κ3) is 9.52. The van der Waals surface area contributed by atoms with E-state index in [-0.39, 0.29) is 80.1 Å². The highest BCUT2D eigenvalue weighted by Gasteiger charge is 2.62. The molecule has 1 aromatic rings. The lowest BCUT2D eigenvalue weighted by atomic mass is 9.70. The Morgan fingerprint density at radius 1 is 1.02 bits per heavy atom. The zero-order chi connectivity index (χ0) is 39.1. The number of halogens is 2. The molecule has 0 unspecified atom stereocenters. The van der Waals surface area contributed by atoms with Gasteiger partial charge in [-0.15, -0.1) is 0 Å². The Labute approximate surface area is 318 Å². The number of alkyl halides is 2. The number of hydrogen-bond acceptors (Lipinski definition) is 8. The van der Waals surface area contributed by atoms with Gasteiger partial charge in [0.25, 0.3) is 5.91 Å². The second-order valence-electron chi connectivity index (χ2n) is 18.4. The number of nitrogens with one attached hydrogen (secondary N) is 1. The van der Waals surface area contributed by atoms with Crippen LogP contribution in [0.1, 0.15) is 63.2 Å². The van der Waals surface area contributed by atoms with Gasteiger partial charge in [0.05, 0.1) is 37.0 Å². The third-order valence-corrected chi connectivity index (χ3v) is 14.0. The van der Waals surface area contributed by atoms with Crippen LogP contribution in [-0.4, -0.2) is 140 Å². The van der Waals surface area contributed by atoms with Crippen molar-refractivity contribution in [3.8, 4) is 0 Å². The summed E-state index contributed by atoms with van der Waals surface area (Å²) in [5.74, 6) is -4.32. The summed E-state index contributed by atoms with van der Waals surface area (Å²) >= 11 is 0. The van der Waals surface area contributed by atoms with Crippen LogP contribution in [0.25, 0.3) is 0 Å². The topological polar surface area (TPSA) is 136 Å². The van der Waals surface area contributed by atoms with E-state index in [0.717, 1.165) is 12.5 Å². The standard InChI is InChI=1S/C38H60F2N6O7Si/c1-26(53-21-27-7-9-38(39,40)10-8-27)31(35(50)43-11-13-51-14-12-43)42-32(47)30-20-44(22-37(30)23-45(24-37)34(49)29-17-36(29,2)3)33(48)28-18-41-46(19-28)25-52-15-16-54(4,5)6/h18-19,26-27,29-31H,7-17,20-25H2,1-6H3,(H,42,47)/t26-,29-,30+,31+/m1/s1. The van der Waals surface area contributed by atoms with Crippen molar-refractivity contribution in [1.29, 1.82) is 0 Å². The third-order valence-electron chi connectivity index (χ3n) is 12.3. The molecule has 1 spiro atoms. The summed E-state index contributed by atoms with van der Waals surface area (Å²) in [6.45, 7) is 16.4. The Morgan fingerprint density at radius 2 is 1.67 bits per heavy atom. The van der Waals surface area contributed by atoms with Gasteiger partial charge in [0, 0.05) is 90.9 Å². The average Bonchev–Trinajstić information content (AvgIpc) is 3.41. The average molecular weight is 779 g/mol. The van der Waals surface area contributed by atoms with Gasteiger partial charge in [0.15, 0.2) is 0 Å². The lowest BCUT2D eigenvalue weighted by Crippen LogP contribution is -2.65. The van der Waals surface area contributed by atoms with Gasteiger partial charge < -0.3 is 34.2 Å². The number of hydrogen-bond donors (Lipinski definition) is 1. The molecule has 1 aromatic heterocycles. The van der Waals surface area contributed by atoms with E-state index in [1.807, 2.05) is 0 Å². The minimum atomic E-state index is -2.66. The molecule has 302 valence electrons. The number of morpholine rings is 1. The Morgan fingerprint density at radius 3 is 2.30 bits per heavy atom. The number of ether oxygens (including phenoxy) is 3. The summed E-state index contributed by atoms with van der Waals surface area (Å²) in [6, 6.07) is -0.0187. The van der Waals surface area contributed by atoms with Crippen LogP contribution in [-0.2, 0) is 35.3 Å². The summed E-state index contributed by atoms with van der Waals surface area (Å²) in [7, 11) is -1.25. The van der Waals surface area contributed by atoms with Crippen LogP contribution >= 0.6 is 0 Å². The largest absolute Gasteiger partial charge is 0.378 e. The Bertz CT molecular complexity index is 1530. The number of nitrogens with zero attached hydrogens (tertiary/aromatic N) is 5. The summed E-state index contributed by atoms with van der Waals surface area (Å²) < 4.78 is 46.7. The molecule has 2 aliphatic carbocycles. The molecule has 2 saturated carbocycles. The zero-order valence-corrected chi connectivity index (χ0v) is 33.9. The lowest BCUT2D eigenvalue weighted by molar-refractivity contribution is -0.153. The van der Waals surface area contributed by atoms with Crippen molar-refractivity contribution in [2.45, 2.75) is 103 Å². The lowest BCUT2D eigenvalue weighted by Gasteiger charge is -2.50. The molecule has 54 heavy (non-hydrogen) atoms. The first kappa shape index (κ1) is 40.7. The molecular formula is C38H60F2N6O7Si. The minimum absolute atomic E-state index is 0.0471. The van der Waals surface area contributed by atoms with Crippen LogP contribution in [0.2, 0.25) is 25.7 Å². The van der Waals surface area contributed by atoms with Crippen molar-refractivity contribution in [1.82, 2.24) is 29.8 Å². The molecule has 4 heterocycles. The summed E-state index contributed by atoms with van der Waals surface area (Å²) in [4.78, 5) is 60.9. The van der Waals surface area contributed by atoms with E-state index in [4.69, 9.17) is 14.2 Å². The van der Waals surface area contributed by atoms with Gasteiger partial charge in [-0.25, -0.2) is 13.5 Å². The van der Waals surface area contributed by atoms with Crippen molar-refractivity contribution in [2.24, 2.45) is 28.6 Å². The van der Waals surface area contributed by atoms with E-state index in [9.17, 15) is 28.0 Å². The van der Waals surface area contributed by atoms with Crippen molar-refractivity contribution in [3.63, 3.8) is 0 Å². The second kappa shape index (κ2) is 15.9. The Hall–Kier alpha value is -2.95. The summed E-state index contributed by atoms with van der Waals surface area (Å²) in [6.07, 6.45) is 3.55. The molecule has 13 nitrogen and oxygen atoms in total. The van der Waals surface area contributed by atoms with Gasteiger partial charge in [-0.2, -0.15) is 5.10 Å². The summed E-state index contributed by atoms with van der Waals surface area (Å²) in [5.41, 5.74) is -0.349. The van der Waals surface area contributed by atoms with Gasteiger partial charge in [-0.1, -0.05) is 33.5 Å². The fourth-order valence-electron chi connectivity index (χ4n) is 8.31. The predicted octanol–water partition coefficient (Wildman–Crippen LogP) is 3.72. The summed E-state index contributed by atoms with van der Waals surface area (Å²) in [5, 5.41) is 7.37. The SMILES string of the molecule is C[C@@H](OCC1CCC(F)(F)CC1)[C@H](NC(=O)[C@@H]1CN(C(=O)c2cnn(COCC[Si](C)(C)C)c2)CC12CN(C(=O)[C@H]1CC1(C)C)C2)C(=O)N1CCOCC1. The van der Waals surface area contributed by atoms with Crippen LogP contribution in [0.4, 0.5) is 8.78 Å². The molecule has 3 saturated heterocycles. The molecule has 16 heteroatoms. The number of aromatic nitrogens is 2. The number of carbonyl (C=O) groups is 4. The first-order chi connectivity index (χ1) is 25.4. The molecule has 0 radical (unpaired) electrons. The molecule has 5 aliphatic rings. The maximum Gasteiger partial charge on any atom is 0.257 e. The van der Waals surface area contributed by atoms with Crippen molar-refractivity contribution in [3.05, 3.63) is 18.0 Å². The number of rotatable bonds is 14. The molecule has 5 fully saturated rings. The normalized spacial score (nSPS) is 26.0. The quantitative estimate of drug-likeness (QED) is 0.223.